The van der Waals surface area contributed by atoms with Gasteiger partial charge in [0.15, 0.2) is 0 Å². The molecule has 2 nitrogen and oxygen atoms in total. The summed E-state index contributed by atoms with van der Waals surface area (Å²) in [6.45, 7) is 8.61. The predicted octanol–water partition coefficient (Wildman–Crippen LogP) is 2.64. The molecule has 1 unspecified atom stereocenters. The molecule has 1 saturated carbocycles. The molecule has 1 N–H and O–H groups in total. The van der Waals surface area contributed by atoms with Crippen molar-refractivity contribution in [3.8, 4) is 0 Å². The van der Waals surface area contributed by atoms with Crippen LogP contribution in [0.3, 0.4) is 0 Å². The Kier molecular flexibility index (Phi) is 4.66. The summed E-state index contributed by atoms with van der Waals surface area (Å²) >= 11 is 0. The van der Waals surface area contributed by atoms with Crippen LogP contribution in [0.2, 0.25) is 0 Å². The number of nitrogens with one attached hydrogen (secondary N) is 1. The van der Waals surface area contributed by atoms with Gasteiger partial charge in [-0.15, -0.1) is 0 Å². The van der Waals surface area contributed by atoms with Gasteiger partial charge < -0.3 is 10.2 Å². The number of piperidine rings is 1. The Bertz CT molecular complexity index is 199. The van der Waals surface area contributed by atoms with Crippen LogP contribution in [0.25, 0.3) is 0 Å². The van der Waals surface area contributed by atoms with Gasteiger partial charge in [0.1, 0.15) is 0 Å². The lowest BCUT2D eigenvalue weighted by Gasteiger charge is -2.33. The Morgan fingerprint density at radius 3 is 2.69 bits per heavy atom. The van der Waals surface area contributed by atoms with E-state index in [-0.39, 0.29) is 0 Å². The maximum Gasteiger partial charge on any atom is 0.0198 e. The zero-order chi connectivity index (χ0) is 11.4. The first-order valence-corrected chi connectivity index (χ1v) is 7.22. The Morgan fingerprint density at radius 1 is 1.19 bits per heavy atom. The van der Waals surface area contributed by atoms with E-state index in [0.29, 0.717) is 0 Å². The first-order valence-electron chi connectivity index (χ1n) is 7.22. The predicted molar refractivity (Wildman–Crippen MR) is 69.7 cm³/mol. The molecule has 1 saturated heterocycles. The molecule has 0 radical (unpaired) electrons. The highest BCUT2D eigenvalue weighted by molar-refractivity contribution is 4.87. The van der Waals surface area contributed by atoms with Gasteiger partial charge in [-0.1, -0.05) is 13.8 Å². The van der Waals surface area contributed by atoms with Crippen molar-refractivity contribution in [3.05, 3.63) is 0 Å². The van der Waals surface area contributed by atoms with E-state index in [2.05, 4.69) is 24.1 Å². The van der Waals surface area contributed by atoms with Gasteiger partial charge in [-0.2, -0.15) is 0 Å². The fourth-order valence-corrected chi connectivity index (χ4v) is 2.70. The number of likely N-dealkylation sites (tertiary alicyclic amines) is 1. The minimum absolute atomic E-state index is 0.792. The molecule has 1 aliphatic heterocycles. The molecule has 0 aromatic carbocycles. The molecule has 0 aromatic rings. The lowest BCUT2D eigenvalue weighted by molar-refractivity contribution is 0.185. The summed E-state index contributed by atoms with van der Waals surface area (Å²) in [5.74, 6) is 0.866. The zero-order valence-electron chi connectivity index (χ0n) is 11.0. The van der Waals surface area contributed by atoms with Crippen molar-refractivity contribution in [2.45, 2.75) is 64.5 Å². The summed E-state index contributed by atoms with van der Waals surface area (Å²) in [6.07, 6.45) is 8.40. The molecular formula is C14H28N2. The highest BCUT2D eigenvalue weighted by Gasteiger charge is 2.27. The molecule has 0 amide bonds. The Hall–Kier alpha value is -0.0800. The topological polar surface area (TPSA) is 15.3 Å². The molecule has 0 spiro atoms. The Labute approximate surface area is 101 Å². The van der Waals surface area contributed by atoms with Crippen molar-refractivity contribution in [1.82, 2.24) is 10.2 Å². The Balaban J connectivity index is 1.61. The van der Waals surface area contributed by atoms with Gasteiger partial charge >= 0.3 is 0 Å². The molecule has 94 valence electrons. The van der Waals surface area contributed by atoms with E-state index in [9.17, 15) is 0 Å². The summed E-state index contributed by atoms with van der Waals surface area (Å²) in [4.78, 5) is 2.67. The standard InChI is InChI=1S/C14H28N2/c1-12(2)5-3-9-16-10-4-6-14(11-16)15-13-7-8-13/h12-15H,3-11H2,1-2H3. The van der Waals surface area contributed by atoms with E-state index in [1.807, 2.05) is 0 Å². The fraction of sp³-hybridized carbons (Fsp3) is 1.00. The SMILES string of the molecule is CC(C)CCCN1CCCC(NC2CC2)C1. The molecule has 0 bridgehead atoms. The van der Waals surface area contributed by atoms with Crippen molar-refractivity contribution in [2.75, 3.05) is 19.6 Å². The minimum Gasteiger partial charge on any atom is -0.310 e. The fourth-order valence-electron chi connectivity index (χ4n) is 2.70. The van der Waals surface area contributed by atoms with Crippen molar-refractivity contribution in [3.63, 3.8) is 0 Å². The third kappa shape index (κ3) is 4.42. The first-order chi connectivity index (χ1) is 7.74. The summed E-state index contributed by atoms with van der Waals surface area (Å²) in [7, 11) is 0. The summed E-state index contributed by atoms with van der Waals surface area (Å²) < 4.78 is 0. The zero-order valence-corrected chi connectivity index (χ0v) is 11.0. The summed E-state index contributed by atoms with van der Waals surface area (Å²) in [6, 6.07) is 1.67. The lowest BCUT2D eigenvalue weighted by Crippen LogP contribution is -2.46. The van der Waals surface area contributed by atoms with Crippen molar-refractivity contribution >= 4 is 0 Å². The van der Waals surface area contributed by atoms with Crippen LogP contribution in [-0.2, 0) is 0 Å². The van der Waals surface area contributed by atoms with Gasteiger partial charge in [-0.25, -0.2) is 0 Å². The van der Waals surface area contributed by atoms with Gasteiger partial charge in [0.25, 0.3) is 0 Å². The highest BCUT2D eigenvalue weighted by Crippen LogP contribution is 2.22. The normalized spacial score (nSPS) is 27.6. The number of hydrogen-bond acceptors (Lipinski definition) is 2. The summed E-state index contributed by atoms with van der Waals surface area (Å²) in [5, 5.41) is 3.78. The number of hydrogen-bond donors (Lipinski definition) is 1. The third-order valence-corrected chi connectivity index (χ3v) is 3.81. The summed E-state index contributed by atoms with van der Waals surface area (Å²) in [5.41, 5.74) is 0. The maximum absolute atomic E-state index is 3.78. The first kappa shape index (κ1) is 12.4. The number of rotatable bonds is 6. The second-order valence-electron chi connectivity index (χ2n) is 6.12. The molecule has 2 rings (SSSR count). The largest absolute Gasteiger partial charge is 0.310 e. The molecule has 0 aromatic heterocycles. The molecular weight excluding hydrogens is 196 g/mol. The van der Waals surface area contributed by atoms with Crippen molar-refractivity contribution in [1.29, 1.82) is 0 Å². The highest BCUT2D eigenvalue weighted by atomic mass is 15.2. The number of nitrogens with zero attached hydrogens (tertiary/aromatic N) is 1. The maximum atomic E-state index is 3.78. The van der Waals surface area contributed by atoms with Crippen LogP contribution < -0.4 is 5.32 Å². The Morgan fingerprint density at radius 2 is 2.00 bits per heavy atom. The van der Waals surface area contributed by atoms with Crippen LogP contribution in [0, 0.1) is 5.92 Å². The van der Waals surface area contributed by atoms with Crippen LogP contribution in [0.5, 0.6) is 0 Å². The van der Waals surface area contributed by atoms with E-state index in [1.54, 1.807) is 0 Å². The van der Waals surface area contributed by atoms with Gasteiger partial charge in [0.05, 0.1) is 0 Å². The quantitative estimate of drug-likeness (QED) is 0.746. The third-order valence-electron chi connectivity index (χ3n) is 3.81. The monoisotopic (exact) mass is 224 g/mol. The minimum atomic E-state index is 0.792. The molecule has 2 aliphatic rings. The van der Waals surface area contributed by atoms with Gasteiger partial charge in [0, 0.05) is 18.6 Å². The smallest absolute Gasteiger partial charge is 0.0198 e. The van der Waals surface area contributed by atoms with Gasteiger partial charge in [-0.3, -0.25) is 0 Å². The molecule has 1 heterocycles. The molecule has 2 heteroatoms. The van der Waals surface area contributed by atoms with Crippen LogP contribution in [0.15, 0.2) is 0 Å². The van der Waals surface area contributed by atoms with Crippen molar-refractivity contribution < 1.29 is 0 Å². The van der Waals surface area contributed by atoms with Crippen LogP contribution in [0.1, 0.15) is 52.4 Å². The lowest BCUT2D eigenvalue weighted by atomic mass is 10.0. The van der Waals surface area contributed by atoms with E-state index in [1.165, 1.54) is 58.2 Å². The molecule has 16 heavy (non-hydrogen) atoms. The van der Waals surface area contributed by atoms with Crippen LogP contribution >= 0.6 is 0 Å². The average molecular weight is 224 g/mol. The van der Waals surface area contributed by atoms with Crippen LogP contribution in [0.4, 0.5) is 0 Å². The van der Waals surface area contributed by atoms with Crippen molar-refractivity contribution in [2.24, 2.45) is 5.92 Å². The van der Waals surface area contributed by atoms with Gasteiger partial charge in [-0.05, 0) is 57.5 Å². The second kappa shape index (κ2) is 6.02. The van der Waals surface area contributed by atoms with Crippen LogP contribution in [-0.4, -0.2) is 36.6 Å². The molecule has 1 atom stereocenters. The molecule has 2 fully saturated rings. The average Bonchev–Trinajstić information content (AvgIpc) is 3.02. The van der Waals surface area contributed by atoms with E-state index in [4.69, 9.17) is 0 Å². The second-order valence-corrected chi connectivity index (χ2v) is 6.12. The molecule has 1 aliphatic carbocycles. The van der Waals surface area contributed by atoms with Gasteiger partial charge in [0.2, 0.25) is 0 Å². The van der Waals surface area contributed by atoms with E-state index in [0.717, 1.165) is 18.0 Å². The van der Waals surface area contributed by atoms with E-state index < -0.39 is 0 Å². The van der Waals surface area contributed by atoms with E-state index >= 15 is 0 Å².